The second kappa shape index (κ2) is 13.5. The first kappa shape index (κ1) is 31.7. The third kappa shape index (κ3) is 7.00. The van der Waals surface area contributed by atoms with Gasteiger partial charge in [0, 0.05) is 36.3 Å². The highest BCUT2D eigenvalue weighted by atomic mass is 16.5. The number of rotatable bonds is 12. The Morgan fingerprint density at radius 2 is 1.98 bits per heavy atom. The van der Waals surface area contributed by atoms with Crippen LogP contribution in [0.5, 0.6) is 5.88 Å². The molecule has 1 aromatic heterocycles. The van der Waals surface area contributed by atoms with Crippen LogP contribution >= 0.6 is 0 Å². The Labute approximate surface area is 262 Å². The number of Topliss-reactive ketones (excluding diaryl/α,β-unsaturated/α-hetero) is 1. The lowest BCUT2D eigenvalue weighted by molar-refractivity contribution is -0.116. The molecule has 0 N–H and O–H groups in total. The maximum atomic E-state index is 12.0. The molecule has 0 spiro atoms. The van der Waals surface area contributed by atoms with Gasteiger partial charge >= 0.3 is 0 Å². The molecule has 1 saturated heterocycles. The van der Waals surface area contributed by atoms with Crippen LogP contribution < -0.4 is 4.74 Å². The Kier molecular flexibility index (Phi) is 9.76. The summed E-state index contributed by atoms with van der Waals surface area (Å²) in [5.41, 5.74) is 10.3. The van der Waals surface area contributed by atoms with Gasteiger partial charge in [-0.3, -0.25) is 9.69 Å². The van der Waals surface area contributed by atoms with Crippen LogP contribution in [0.4, 0.5) is 0 Å². The van der Waals surface area contributed by atoms with Crippen molar-refractivity contribution in [3.8, 4) is 5.88 Å². The van der Waals surface area contributed by atoms with E-state index in [2.05, 4.69) is 55.6 Å². The van der Waals surface area contributed by atoms with Crippen molar-refractivity contribution in [3.63, 3.8) is 0 Å². The van der Waals surface area contributed by atoms with Crippen LogP contribution in [0, 0.1) is 12.3 Å². The first-order valence-electron chi connectivity index (χ1n) is 15.8. The van der Waals surface area contributed by atoms with E-state index in [0.29, 0.717) is 30.1 Å². The number of aryl methyl sites for hydroxylation is 1. The van der Waals surface area contributed by atoms with E-state index in [9.17, 15) is 4.79 Å². The zero-order chi connectivity index (χ0) is 31.4. The number of benzene rings is 1. The minimum Gasteiger partial charge on any atom is -0.488 e. The van der Waals surface area contributed by atoms with Gasteiger partial charge in [0.05, 0.1) is 31.6 Å². The number of hydrogen-bond acceptors (Lipinski definition) is 6. The van der Waals surface area contributed by atoms with Crippen LogP contribution in [0.1, 0.15) is 80.1 Å². The number of ketones is 1. The number of ether oxygens (including phenoxy) is 3. The molecule has 7 nitrogen and oxygen atoms in total. The molecule has 0 atom stereocenters. The summed E-state index contributed by atoms with van der Waals surface area (Å²) >= 11 is 0. The summed E-state index contributed by atoms with van der Waals surface area (Å²) in [7, 11) is 0. The minimum absolute atomic E-state index is 0.0721. The molecule has 1 aromatic carbocycles. The van der Waals surface area contributed by atoms with Crippen molar-refractivity contribution in [2.45, 2.75) is 74.0 Å². The van der Waals surface area contributed by atoms with Gasteiger partial charge in [0.25, 0.3) is 0 Å². The molecular formula is C37H47N3O4. The summed E-state index contributed by atoms with van der Waals surface area (Å²) in [6.07, 6.45) is 12.7. The lowest BCUT2D eigenvalue weighted by Crippen LogP contribution is -2.49. The molecule has 3 heterocycles. The predicted octanol–water partition coefficient (Wildman–Crippen LogP) is 7.37. The molecule has 1 fully saturated rings. The third-order valence-electron chi connectivity index (χ3n) is 8.79. The molecule has 1 aliphatic carbocycles. The molecule has 2 aromatic rings. The summed E-state index contributed by atoms with van der Waals surface area (Å²) in [6, 6.07) is 4.64. The summed E-state index contributed by atoms with van der Waals surface area (Å²) in [5, 5.41) is 4.38. The molecule has 5 rings (SSSR count). The second-order valence-corrected chi connectivity index (χ2v) is 12.8. The normalized spacial score (nSPS) is 18.6. The molecule has 3 aliphatic rings. The number of hydrogen-bond donors (Lipinski definition) is 0. The second-order valence-electron chi connectivity index (χ2n) is 12.8. The number of nitrogens with zero attached hydrogens (tertiary/aromatic N) is 3. The molecule has 7 heteroatoms. The van der Waals surface area contributed by atoms with E-state index in [1.165, 1.54) is 34.8 Å². The fourth-order valence-electron chi connectivity index (χ4n) is 6.37. The molecule has 0 radical (unpaired) electrons. The van der Waals surface area contributed by atoms with Gasteiger partial charge in [0.2, 0.25) is 5.88 Å². The monoisotopic (exact) mass is 597 g/mol. The van der Waals surface area contributed by atoms with Gasteiger partial charge in [-0.1, -0.05) is 43.9 Å². The Balaban J connectivity index is 1.24. The summed E-state index contributed by atoms with van der Waals surface area (Å²) < 4.78 is 19.4. The van der Waals surface area contributed by atoms with Gasteiger partial charge < -0.3 is 14.2 Å². The van der Waals surface area contributed by atoms with Gasteiger partial charge in [0.1, 0.15) is 12.4 Å². The molecule has 44 heavy (non-hydrogen) atoms. The zero-order valence-electron chi connectivity index (χ0n) is 27.3. The molecule has 2 aliphatic heterocycles. The van der Waals surface area contributed by atoms with Gasteiger partial charge in [-0.05, 0) is 93.4 Å². The van der Waals surface area contributed by atoms with E-state index in [-0.39, 0.29) is 5.78 Å². The molecule has 0 saturated carbocycles. The first-order chi connectivity index (χ1) is 21.1. The van der Waals surface area contributed by atoms with Crippen LogP contribution in [-0.2, 0) is 29.0 Å². The molecule has 0 amide bonds. The molecule has 0 bridgehead atoms. The van der Waals surface area contributed by atoms with Crippen molar-refractivity contribution in [1.29, 1.82) is 0 Å². The fourth-order valence-corrected chi connectivity index (χ4v) is 6.37. The van der Waals surface area contributed by atoms with Crippen molar-refractivity contribution < 1.29 is 19.0 Å². The summed E-state index contributed by atoms with van der Waals surface area (Å²) in [6.45, 7) is 22.4. The number of carbonyl (C=O) groups excluding carboxylic acids is 1. The highest BCUT2D eigenvalue weighted by molar-refractivity contribution is 5.96. The average Bonchev–Trinajstić information content (AvgIpc) is 3.40. The van der Waals surface area contributed by atoms with E-state index in [4.69, 9.17) is 14.2 Å². The van der Waals surface area contributed by atoms with E-state index in [0.717, 1.165) is 74.7 Å². The summed E-state index contributed by atoms with van der Waals surface area (Å²) in [4.78, 5) is 14.6. The SMILES string of the molecule is C=C(/C=C\C=C(/C)n1ncc(C(C)=O)c1OCC)C1=CCCC(C)=C1OCc1cc(C)c2c(c1)CCN(CC1(C)COC1)C2. The van der Waals surface area contributed by atoms with Crippen LogP contribution in [0.3, 0.4) is 0 Å². The zero-order valence-corrected chi connectivity index (χ0v) is 27.3. The first-order valence-corrected chi connectivity index (χ1v) is 15.8. The van der Waals surface area contributed by atoms with Gasteiger partial charge in [-0.25, -0.2) is 4.68 Å². The quantitative estimate of drug-likeness (QED) is 0.188. The third-order valence-corrected chi connectivity index (χ3v) is 8.79. The average molecular weight is 598 g/mol. The van der Waals surface area contributed by atoms with E-state index < -0.39 is 0 Å². The van der Waals surface area contributed by atoms with Crippen molar-refractivity contribution in [2.75, 3.05) is 32.9 Å². The van der Waals surface area contributed by atoms with Crippen LogP contribution in [0.15, 0.2) is 71.7 Å². The van der Waals surface area contributed by atoms with Crippen LogP contribution in [-0.4, -0.2) is 53.4 Å². The fraction of sp³-hybridized carbons (Fsp3) is 0.459. The molecule has 0 unspecified atom stereocenters. The lowest BCUT2D eigenvalue weighted by atomic mass is 9.86. The Morgan fingerprint density at radius 3 is 2.68 bits per heavy atom. The number of carbonyl (C=O) groups is 1. The maximum Gasteiger partial charge on any atom is 0.227 e. The van der Waals surface area contributed by atoms with Gasteiger partial charge in [-0.15, -0.1) is 0 Å². The van der Waals surface area contributed by atoms with Gasteiger partial charge in [-0.2, -0.15) is 5.10 Å². The lowest BCUT2D eigenvalue weighted by Gasteiger charge is -2.43. The van der Waals surface area contributed by atoms with Crippen molar-refractivity contribution >= 4 is 11.5 Å². The van der Waals surface area contributed by atoms with Crippen molar-refractivity contribution in [3.05, 3.63) is 99.5 Å². The predicted molar refractivity (Wildman–Crippen MR) is 176 cm³/mol. The highest BCUT2D eigenvalue weighted by Gasteiger charge is 2.36. The smallest absolute Gasteiger partial charge is 0.227 e. The highest BCUT2D eigenvalue weighted by Crippen LogP contribution is 2.34. The molecular weight excluding hydrogens is 550 g/mol. The van der Waals surface area contributed by atoms with Crippen molar-refractivity contribution in [1.82, 2.24) is 14.7 Å². The standard InChI is InChI=1S/C37H47N3O4/c1-8-43-36-33(29(6)41)19-38-40(36)28(5)13-9-11-25(2)32-14-10-12-26(3)35(32)44-21-30-17-27(4)34-20-39(16-15-31(34)18-30)22-37(7)23-42-24-37/h9,11,13-14,17-19H,2,8,10,12,15-16,20-24H2,1,3-7H3/b11-9-,28-13+. The Morgan fingerprint density at radius 1 is 1.18 bits per heavy atom. The maximum absolute atomic E-state index is 12.0. The van der Waals surface area contributed by atoms with E-state index in [1.807, 2.05) is 32.1 Å². The minimum atomic E-state index is -0.0721. The largest absolute Gasteiger partial charge is 0.488 e. The number of allylic oxidation sites excluding steroid dienone is 7. The van der Waals surface area contributed by atoms with Crippen molar-refractivity contribution in [2.24, 2.45) is 5.41 Å². The number of aromatic nitrogens is 2. The van der Waals surface area contributed by atoms with Gasteiger partial charge in [0.15, 0.2) is 5.78 Å². The summed E-state index contributed by atoms with van der Waals surface area (Å²) in [5.74, 6) is 1.33. The van der Waals surface area contributed by atoms with Crippen LogP contribution in [0.2, 0.25) is 0 Å². The van der Waals surface area contributed by atoms with E-state index in [1.54, 1.807) is 10.9 Å². The Hall–Kier alpha value is -3.68. The van der Waals surface area contributed by atoms with E-state index >= 15 is 0 Å². The number of fused-ring (bicyclic) bond motifs is 1. The molecule has 234 valence electrons. The Bertz CT molecular complexity index is 1550. The topological polar surface area (TPSA) is 65.8 Å². The van der Waals surface area contributed by atoms with Crippen LogP contribution in [0.25, 0.3) is 5.70 Å².